The van der Waals surface area contributed by atoms with E-state index in [2.05, 4.69) is 11.6 Å². The zero-order chi connectivity index (χ0) is 23.4. The molecule has 7 heteroatoms. The molecule has 0 aliphatic carbocycles. The summed E-state index contributed by atoms with van der Waals surface area (Å²) in [5.41, 5.74) is 1.58. The monoisotopic (exact) mass is 444 g/mol. The van der Waals surface area contributed by atoms with Crippen molar-refractivity contribution >= 4 is 17.4 Å². The van der Waals surface area contributed by atoms with Crippen LogP contribution in [-0.4, -0.2) is 33.3 Å². The predicted octanol–water partition coefficient (Wildman–Crippen LogP) is 4.41. The highest BCUT2D eigenvalue weighted by molar-refractivity contribution is 6.46. The van der Waals surface area contributed by atoms with Crippen molar-refractivity contribution < 1.29 is 23.8 Å². The number of nitrogens with zero attached hydrogens (tertiary/aromatic N) is 2. The number of benzene rings is 2. The van der Waals surface area contributed by atoms with Gasteiger partial charge in [0.1, 0.15) is 23.9 Å². The van der Waals surface area contributed by atoms with Crippen molar-refractivity contribution in [3.05, 3.63) is 114 Å². The maximum absolute atomic E-state index is 13.6. The van der Waals surface area contributed by atoms with Crippen molar-refractivity contribution in [3.8, 4) is 5.75 Å². The van der Waals surface area contributed by atoms with Gasteiger partial charge in [-0.1, -0.05) is 24.8 Å². The molecule has 0 radical (unpaired) electrons. The van der Waals surface area contributed by atoms with E-state index in [4.69, 9.17) is 4.74 Å². The molecule has 1 fully saturated rings. The van der Waals surface area contributed by atoms with Crippen LogP contribution in [0, 0.1) is 5.82 Å². The molecule has 3 aromatic rings. The van der Waals surface area contributed by atoms with Crippen molar-refractivity contribution in [1.82, 2.24) is 9.88 Å². The molecule has 1 N–H and O–H groups in total. The van der Waals surface area contributed by atoms with Gasteiger partial charge >= 0.3 is 0 Å². The highest BCUT2D eigenvalue weighted by atomic mass is 19.1. The Bertz CT molecular complexity index is 1210. The number of pyridine rings is 1. The zero-order valence-corrected chi connectivity index (χ0v) is 17.6. The molecule has 1 aromatic heterocycles. The summed E-state index contributed by atoms with van der Waals surface area (Å²) in [5.74, 6) is -1.73. The summed E-state index contributed by atoms with van der Waals surface area (Å²) in [4.78, 5) is 31.4. The van der Waals surface area contributed by atoms with Gasteiger partial charge in [-0.2, -0.15) is 0 Å². The summed E-state index contributed by atoms with van der Waals surface area (Å²) < 4.78 is 19.0. The number of hydrogen-bond acceptors (Lipinski definition) is 5. The molecule has 0 spiro atoms. The maximum atomic E-state index is 13.6. The number of rotatable bonds is 7. The van der Waals surface area contributed by atoms with Crippen molar-refractivity contribution in [2.75, 3.05) is 6.61 Å². The van der Waals surface area contributed by atoms with E-state index < -0.39 is 23.5 Å². The Balaban J connectivity index is 1.78. The van der Waals surface area contributed by atoms with Gasteiger partial charge < -0.3 is 14.7 Å². The van der Waals surface area contributed by atoms with Crippen LogP contribution in [0.25, 0.3) is 5.76 Å². The minimum Gasteiger partial charge on any atom is -0.507 e. The number of aliphatic hydroxyl groups is 1. The van der Waals surface area contributed by atoms with E-state index >= 15 is 0 Å². The SMILES string of the molecule is C=CCOc1ccc(/C(O)=C2\C(=O)C(=O)N(Cc3ccncc3)C2c2ccc(F)cc2)cc1. The average Bonchev–Trinajstić information content (AvgIpc) is 3.08. The fourth-order valence-corrected chi connectivity index (χ4v) is 3.74. The highest BCUT2D eigenvalue weighted by Gasteiger charge is 2.46. The van der Waals surface area contributed by atoms with E-state index in [0.717, 1.165) is 5.56 Å². The number of aromatic nitrogens is 1. The molecular formula is C26H21FN2O4. The predicted molar refractivity (Wildman–Crippen MR) is 121 cm³/mol. The molecule has 0 bridgehead atoms. The van der Waals surface area contributed by atoms with Crippen LogP contribution in [0.5, 0.6) is 5.75 Å². The molecule has 4 rings (SSSR count). The number of ketones is 1. The lowest BCUT2D eigenvalue weighted by Gasteiger charge is -2.25. The van der Waals surface area contributed by atoms with E-state index in [1.807, 2.05) is 0 Å². The van der Waals surface area contributed by atoms with E-state index in [1.165, 1.54) is 29.2 Å². The van der Waals surface area contributed by atoms with Gasteiger partial charge in [-0.3, -0.25) is 14.6 Å². The Labute approximate surface area is 190 Å². The Morgan fingerprint density at radius 3 is 2.36 bits per heavy atom. The number of Topliss-reactive ketones (excluding diaryl/α,β-unsaturated/α-hetero) is 1. The van der Waals surface area contributed by atoms with Crippen LogP contribution in [0.4, 0.5) is 4.39 Å². The van der Waals surface area contributed by atoms with Crippen LogP contribution in [0.3, 0.4) is 0 Å². The van der Waals surface area contributed by atoms with Crippen molar-refractivity contribution in [3.63, 3.8) is 0 Å². The third-order valence-electron chi connectivity index (χ3n) is 5.32. The molecule has 1 unspecified atom stereocenters. The molecule has 1 saturated heterocycles. The summed E-state index contributed by atoms with van der Waals surface area (Å²) in [6, 6.07) is 14.6. The number of likely N-dealkylation sites (tertiary alicyclic amines) is 1. The number of hydrogen-bond donors (Lipinski definition) is 1. The first-order chi connectivity index (χ1) is 16.0. The van der Waals surface area contributed by atoms with Crippen LogP contribution < -0.4 is 4.74 Å². The van der Waals surface area contributed by atoms with E-state index in [0.29, 0.717) is 23.5 Å². The van der Waals surface area contributed by atoms with E-state index in [-0.39, 0.29) is 17.9 Å². The Morgan fingerprint density at radius 1 is 1.06 bits per heavy atom. The molecule has 1 aliphatic heterocycles. The zero-order valence-electron chi connectivity index (χ0n) is 17.6. The Hall–Kier alpha value is -4.26. The lowest BCUT2D eigenvalue weighted by Crippen LogP contribution is -2.29. The standard InChI is InChI=1S/C26H21FN2O4/c1-2-15-33-21-9-5-19(6-10-21)24(30)22-23(18-3-7-20(27)8-4-18)29(26(32)25(22)31)16-17-11-13-28-14-12-17/h2-14,23,30H,1,15-16H2/b24-22+. The normalized spacial score (nSPS) is 17.2. The molecule has 166 valence electrons. The van der Waals surface area contributed by atoms with Crippen molar-refractivity contribution in [2.45, 2.75) is 12.6 Å². The molecule has 2 aromatic carbocycles. The number of amides is 1. The largest absolute Gasteiger partial charge is 0.507 e. The molecule has 0 saturated carbocycles. The van der Waals surface area contributed by atoms with Gasteiger partial charge in [0, 0.05) is 24.5 Å². The number of carbonyl (C=O) groups is 2. The highest BCUT2D eigenvalue weighted by Crippen LogP contribution is 2.40. The summed E-state index contributed by atoms with van der Waals surface area (Å²) >= 11 is 0. The van der Waals surface area contributed by atoms with E-state index in [1.54, 1.807) is 54.9 Å². The summed E-state index contributed by atoms with van der Waals surface area (Å²) in [6.45, 7) is 4.05. The number of carbonyl (C=O) groups excluding carboxylic acids is 2. The smallest absolute Gasteiger partial charge is 0.295 e. The molecule has 1 atom stereocenters. The molecule has 1 aliphatic rings. The molecule has 33 heavy (non-hydrogen) atoms. The van der Waals surface area contributed by atoms with Gasteiger partial charge in [0.05, 0.1) is 11.6 Å². The molecule has 1 amide bonds. The molecular weight excluding hydrogens is 423 g/mol. The second-order valence-corrected chi connectivity index (χ2v) is 7.46. The third-order valence-corrected chi connectivity index (χ3v) is 5.32. The van der Waals surface area contributed by atoms with Gasteiger partial charge in [0.25, 0.3) is 11.7 Å². The van der Waals surface area contributed by atoms with Crippen LogP contribution in [0.15, 0.2) is 91.3 Å². The van der Waals surface area contributed by atoms with E-state index in [9.17, 15) is 19.1 Å². The van der Waals surface area contributed by atoms with Crippen molar-refractivity contribution in [1.29, 1.82) is 0 Å². The van der Waals surface area contributed by atoms with Crippen molar-refractivity contribution in [2.24, 2.45) is 0 Å². The number of halogens is 1. The first-order valence-electron chi connectivity index (χ1n) is 10.3. The third kappa shape index (κ3) is 4.52. The summed E-state index contributed by atoms with van der Waals surface area (Å²) in [7, 11) is 0. The van der Waals surface area contributed by atoms with Crippen LogP contribution in [0.1, 0.15) is 22.7 Å². The van der Waals surface area contributed by atoms with Gasteiger partial charge in [0.2, 0.25) is 0 Å². The van der Waals surface area contributed by atoms with Gasteiger partial charge in [-0.05, 0) is 59.7 Å². The summed E-state index contributed by atoms with van der Waals surface area (Å²) in [6.07, 6.45) is 4.80. The number of aliphatic hydroxyl groups excluding tert-OH is 1. The van der Waals surface area contributed by atoms with Crippen LogP contribution >= 0.6 is 0 Å². The number of ether oxygens (including phenoxy) is 1. The topological polar surface area (TPSA) is 79.7 Å². The fourth-order valence-electron chi connectivity index (χ4n) is 3.74. The lowest BCUT2D eigenvalue weighted by atomic mass is 9.95. The van der Waals surface area contributed by atoms with Gasteiger partial charge in [-0.25, -0.2) is 4.39 Å². The minimum atomic E-state index is -0.879. The Morgan fingerprint density at radius 2 is 1.73 bits per heavy atom. The second kappa shape index (κ2) is 9.48. The fraction of sp³-hybridized carbons (Fsp3) is 0.115. The second-order valence-electron chi connectivity index (χ2n) is 7.46. The van der Waals surface area contributed by atoms with Crippen LogP contribution in [-0.2, 0) is 16.1 Å². The maximum Gasteiger partial charge on any atom is 0.295 e. The minimum absolute atomic E-state index is 0.0552. The lowest BCUT2D eigenvalue weighted by molar-refractivity contribution is -0.140. The quantitative estimate of drug-likeness (QED) is 0.253. The average molecular weight is 444 g/mol. The van der Waals surface area contributed by atoms with Gasteiger partial charge in [0.15, 0.2) is 0 Å². The Kier molecular flexibility index (Phi) is 6.31. The van der Waals surface area contributed by atoms with Gasteiger partial charge in [-0.15, -0.1) is 0 Å². The first kappa shape index (κ1) is 22.0. The summed E-state index contributed by atoms with van der Waals surface area (Å²) in [5, 5.41) is 11.1. The van der Waals surface area contributed by atoms with Crippen LogP contribution in [0.2, 0.25) is 0 Å². The molecule has 2 heterocycles. The first-order valence-corrected chi connectivity index (χ1v) is 10.3. The molecule has 6 nitrogen and oxygen atoms in total.